The van der Waals surface area contributed by atoms with Crippen LogP contribution in [0.5, 0.6) is 5.75 Å². The quantitative estimate of drug-likeness (QED) is 0.454. The number of hydrogen-bond acceptors (Lipinski definition) is 4. The lowest BCUT2D eigenvalue weighted by atomic mass is 9.95. The number of aliphatic imine (C=N–C) groups is 1. The smallest absolute Gasteiger partial charge is 0.313 e. The number of benzene rings is 1. The van der Waals surface area contributed by atoms with Crippen LogP contribution in [-0.2, 0) is 16.0 Å². The first-order chi connectivity index (χ1) is 13.2. The fraction of sp³-hybridized carbons (Fsp3) is 0.636. The van der Waals surface area contributed by atoms with Gasteiger partial charge < -0.3 is 15.2 Å². The number of carbonyl (C=O) groups excluding carboxylic acids is 1. The first-order valence-corrected chi connectivity index (χ1v) is 10.5. The molecule has 1 aromatic carbocycles. The van der Waals surface area contributed by atoms with Gasteiger partial charge in [-0.3, -0.25) is 4.79 Å². The number of rotatable bonds is 5. The zero-order valence-electron chi connectivity index (χ0n) is 16.2. The Labute approximate surface area is 162 Å². The lowest BCUT2D eigenvalue weighted by Gasteiger charge is -2.25. The summed E-state index contributed by atoms with van der Waals surface area (Å²) in [7, 11) is 0. The maximum Gasteiger partial charge on any atom is 0.313 e. The van der Waals surface area contributed by atoms with Gasteiger partial charge in [-0.05, 0) is 49.8 Å². The number of phenols is 1. The Bertz CT molecular complexity index is 615. The molecule has 0 amide bonds. The van der Waals surface area contributed by atoms with Crippen molar-refractivity contribution in [1.82, 2.24) is 5.32 Å². The molecule has 0 aliphatic heterocycles. The fourth-order valence-electron chi connectivity index (χ4n) is 3.96. The lowest BCUT2D eigenvalue weighted by Crippen LogP contribution is -2.39. The summed E-state index contributed by atoms with van der Waals surface area (Å²) in [5, 5.41) is 12.8. The molecule has 0 heterocycles. The van der Waals surface area contributed by atoms with Crippen molar-refractivity contribution >= 4 is 12.0 Å². The zero-order chi connectivity index (χ0) is 18.9. The summed E-state index contributed by atoms with van der Waals surface area (Å²) < 4.78 is 5.65. The van der Waals surface area contributed by atoms with Crippen LogP contribution in [0.3, 0.4) is 0 Å². The van der Waals surface area contributed by atoms with Crippen LogP contribution in [0.15, 0.2) is 29.3 Å². The molecule has 2 saturated carbocycles. The molecule has 0 spiro atoms. The first-order valence-electron chi connectivity index (χ1n) is 10.5. The third kappa shape index (κ3) is 6.89. The Kier molecular flexibility index (Phi) is 7.55. The highest BCUT2D eigenvalue weighted by Gasteiger charge is 2.20. The van der Waals surface area contributed by atoms with Crippen molar-refractivity contribution in [2.75, 3.05) is 0 Å². The highest BCUT2D eigenvalue weighted by molar-refractivity contribution is 5.87. The van der Waals surface area contributed by atoms with E-state index >= 15 is 0 Å². The topological polar surface area (TPSA) is 70.9 Å². The van der Waals surface area contributed by atoms with Gasteiger partial charge in [0.25, 0.3) is 6.02 Å². The maximum absolute atomic E-state index is 12.4. The van der Waals surface area contributed by atoms with Crippen LogP contribution in [0.25, 0.3) is 0 Å². The summed E-state index contributed by atoms with van der Waals surface area (Å²) in [4.78, 5) is 17.2. The number of ether oxygens (including phenoxy) is 1. The molecule has 0 atom stereocenters. The van der Waals surface area contributed by atoms with E-state index in [0.29, 0.717) is 24.9 Å². The molecule has 148 valence electrons. The van der Waals surface area contributed by atoms with E-state index in [2.05, 4.69) is 5.32 Å². The molecule has 0 unspecified atom stereocenters. The van der Waals surface area contributed by atoms with Crippen LogP contribution in [0.2, 0.25) is 0 Å². The molecule has 5 heteroatoms. The molecular weight excluding hydrogens is 340 g/mol. The molecule has 2 aliphatic carbocycles. The molecule has 2 fully saturated rings. The predicted octanol–water partition coefficient (Wildman–Crippen LogP) is 4.48. The highest BCUT2D eigenvalue weighted by atomic mass is 16.6. The van der Waals surface area contributed by atoms with Gasteiger partial charge in [-0.25, -0.2) is 4.99 Å². The Morgan fingerprint density at radius 2 is 1.63 bits per heavy atom. The second kappa shape index (κ2) is 10.3. The van der Waals surface area contributed by atoms with Crippen molar-refractivity contribution in [2.45, 2.75) is 89.1 Å². The summed E-state index contributed by atoms with van der Waals surface area (Å²) in [6.07, 6.45) is 12.8. The van der Waals surface area contributed by atoms with E-state index in [1.165, 1.54) is 38.5 Å². The molecule has 0 saturated heterocycles. The molecule has 0 radical (unpaired) electrons. The van der Waals surface area contributed by atoms with E-state index in [0.717, 1.165) is 31.2 Å². The summed E-state index contributed by atoms with van der Waals surface area (Å²) in [5.74, 6) is -0.0131. The van der Waals surface area contributed by atoms with Crippen molar-refractivity contribution < 1.29 is 14.6 Å². The fourth-order valence-corrected chi connectivity index (χ4v) is 3.96. The van der Waals surface area contributed by atoms with Gasteiger partial charge in [-0.1, -0.05) is 50.7 Å². The van der Waals surface area contributed by atoms with Crippen molar-refractivity contribution in [3.63, 3.8) is 0 Å². The monoisotopic (exact) mass is 372 g/mol. The molecular formula is C22H32N2O3. The van der Waals surface area contributed by atoms with Gasteiger partial charge in [0, 0.05) is 6.04 Å². The second-order valence-electron chi connectivity index (χ2n) is 7.85. The van der Waals surface area contributed by atoms with Crippen LogP contribution in [-0.4, -0.2) is 29.2 Å². The molecule has 0 bridgehead atoms. The molecule has 1 aromatic rings. The summed E-state index contributed by atoms with van der Waals surface area (Å²) in [6.45, 7) is 0. The summed E-state index contributed by atoms with van der Waals surface area (Å²) in [5.41, 5.74) is 1.01. The van der Waals surface area contributed by atoms with Gasteiger partial charge in [-0.2, -0.15) is 0 Å². The number of phenolic OH excluding ortho intramolecular Hbond substituents is 1. The number of nitrogens with one attached hydrogen (secondary N) is 1. The molecule has 2 N–H and O–H groups in total. The minimum atomic E-state index is -0.249. The molecule has 5 nitrogen and oxygen atoms in total. The van der Waals surface area contributed by atoms with Crippen molar-refractivity contribution in [1.29, 1.82) is 0 Å². The molecule has 2 aliphatic rings. The van der Waals surface area contributed by atoms with Gasteiger partial charge in [0.15, 0.2) is 0 Å². The number of carbonyl (C=O) groups is 1. The Hall–Kier alpha value is -2.04. The largest absolute Gasteiger partial charge is 0.508 e. The average Bonchev–Trinajstić information content (AvgIpc) is 2.69. The Morgan fingerprint density at radius 3 is 2.30 bits per heavy atom. The highest BCUT2D eigenvalue weighted by Crippen LogP contribution is 2.21. The van der Waals surface area contributed by atoms with Crippen LogP contribution < -0.4 is 5.32 Å². The first kappa shape index (κ1) is 19.7. The Morgan fingerprint density at radius 1 is 1.00 bits per heavy atom. The van der Waals surface area contributed by atoms with Crippen LogP contribution in [0, 0.1) is 0 Å². The second-order valence-corrected chi connectivity index (χ2v) is 7.85. The minimum absolute atomic E-state index is 0.236. The van der Waals surface area contributed by atoms with Crippen molar-refractivity contribution in [2.24, 2.45) is 4.99 Å². The van der Waals surface area contributed by atoms with E-state index < -0.39 is 0 Å². The number of hydrogen-bond donors (Lipinski definition) is 2. The van der Waals surface area contributed by atoms with E-state index in [1.54, 1.807) is 12.1 Å². The number of nitrogens with zero attached hydrogens (tertiary/aromatic N) is 1. The number of esters is 1. The van der Waals surface area contributed by atoms with Crippen LogP contribution >= 0.6 is 0 Å². The third-order valence-corrected chi connectivity index (χ3v) is 5.57. The summed E-state index contributed by atoms with van der Waals surface area (Å²) in [6, 6.07) is 8.02. The molecule has 3 rings (SSSR count). The number of amidine groups is 1. The third-order valence-electron chi connectivity index (χ3n) is 5.57. The predicted molar refractivity (Wildman–Crippen MR) is 107 cm³/mol. The van der Waals surface area contributed by atoms with Crippen LogP contribution in [0.4, 0.5) is 0 Å². The molecule has 0 aromatic heterocycles. The van der Waals surface area contributed by atoms with E-state index in [4.69, 9.17) is 9.73 Å². The van der Waals surface area contributed by atoms with E-state index in [1.807, 2.05) is 12.1 Å². The average molecular weight is 373 g/mol. The van der Waals surface area contributed by atoms with Gasteiger partial charge in [-0.15, -0.1) is 0 Å². The summed E-state index contributed by atoms with van der Waals surface area (Å²) >= 11 is 0. The van der Waals surface area contributed by atoms with Gasteiger partial charge in [0.2, 0.25) is 0 Å². The normalized spacial score (nSPS) is 19.6. The SMILES string of the molecule is O=C(CCc1ccc(O)cc1)OC(=NC1CCCCC1)NC1CCCCC1. The number of aryl methyl sites for hydroxylation is 1. The molecule has 27 heavy (non-hydrogen) atoms. The zero-order valence-corrected chi connectivity index (χ0v) is 16.2. The van der Waals surface area contributed by atoms with Gasteiger partial charge in [0.05, 0.1) is 12.5 Å². The van der Waals surface area contributed by atoms with Crippen molar-refractivity contribution in [3.05, 3.63) is 29.8 Å². The lowest BCUT2D eigenvalue weighted by molar-refractivity contribution is -0.135. The van der Waals surface area contributed by atoms with Crippen LogP contribution in [0.1, 0.15) is 76.2 Å². The van der Waals surface area contributed by atoms with Gasteiger partial charge >= 0.3 is 5.97 Å². The Balaban J connectivity index is 1.56. The minimum Gasteiger partial charge on any atom is -0.508 e. The van der Waals surface area contributed by atoms with Gasteiger partial charge in [0.1, 0.15) is 5.75 Å². The van der Waals surface area contributed by atoms with Crippen molar-refractivity contribution in [3.8, 4) is 5.75 Å². The standard InChI is InChI=1S/C22H32N2O3/c25-20-14-11-17(12-15-20)13-16-21(26)27-22(23-18-7-3-1-4-8-18)24-19-9-5-2-6-10-19/h11-12,14-15,18-19,25H,1-10,13,16H2,(H,23,24). The number of aromatic hydroxyl groups is 1. The van der Waals surface area contributed by atoms with E-state index in [-0.39, 0.29) is 17.8 Å². The van der Waals surface area contributed by atoms with E-state index in [9.17, 15) is 9.90 Å². The maximum atomic E-state index is 12.4.